The second-order valence-corrected chi connectivity index (χ2v) is 2.88. The van der Waals surface area contributed by atoms with Crippen LogP contribution in [0.5, 0.6) is 5.75 Å². The van der Waals surface area contributed by atoms with Gasteiger partial charge in [0.25, 0.3) is 0 Å². The highest BCUT2D eigenvalue weighted by atomic mass is 19.1. The quantitative estimate of drug-likeness (QED) is 0.553. The zero-order chi connectivity index (χ0) is 7.84. The van der Waals surface area contributed by atoms with E-state index in [9.17, 15) is 4.39 Å². The highest BCUT2D eigenvalue weighted by Crippen LogP contribution is 2.28. The van der Waals surface area contributed by atoms with Crippen LogP contribution >= 0.6 is 0 Å². The van der Waals surface area contributed by atoms with Crippen molar-refractivity contribution in [2.45, 2.75) is 19.4 Å². The highest BCUT2D eigenvalue weighted by Gasteiger charge is 2.18. The molecule has 1 aliphatic heterocycles. The van der Waals surface area contributed by atoms with Gasteiger partial charge in [0.2, 0.25) is 0 Å². The fourth-order valence-electron chi connectivity index (χ4n) is 1.39. The molecule has 1 atom stereocenters. The first-order valence-electron chi connectivity index (χ1n) is 3.71. The molecule has 1 aromatic rings. The molecule has 1 aromatic carbocycles. The zero-order valence-electron chi connectivity index (χ0n) is 6.30. The molecule has 1 aliphatic rings. The number of benzene rings is 1. The van der Waals surface area contributed by atoms with Crippen LogP contribution < -0.4 is 4.74 Å². The van der Waals surface area contributed by atoms with Crippen LogP contribution in [-0.4, -0.2) is 6.10 Å². The third-order valence-electron chi connectivity index (χ3n) is 1.86. The second kappa shape index (κ2) is 2.22. The minimum atomic E-state index is -0.179. The maximum Gasteiger partial charge on any atom is 0.123 e. The predicted octanol–water partition coefficient (Wildman–Crippen LogP) is 2.15. The maximum atomic E-state index is 12.6. The fraction of sp³-hybridized carbons (Fsp3) is 0.333. The Labute approximate surface area is 64.8 Å². The van der Waals surface area contributed by atoms with Crippen LogP contribution in [0.1, 0.15) is 12.5 Å². The maximum absolute atomic E-state index is 12.6. The summed E-state index contributed by atoms with van der Waals surface area (Å²) >= 11 is 0. The summed E-state index contributed by atoms with van der Waals surface area (Å²) in [6, 6.07) is 4.66. The van der Waals surface area contributed by atoms with Crippen molar-refractivity contribution >= 4 is 0 Å². The van der Waals surface area contributed by atoms with E-state index in [1.807, 2.05) is 6.92 Å². The van der Waals surface area contributed by atoms with E-state index in [-0.39, 0.29) is 11.9 Å². The van der Waals surface area contributed by atoms with Gasteiger partial charge in [0.15, 0.2) is 0 Å². The lowest BCUT2D eigenvalue weighted by atomic mass is 10.1. The lowest BCUT2D eigenvalue weighted by Crippen LogP contribution is -2.05. The molecule has 1 nitrogen and oxygen atoms in total. The molecule has 11 heavy (non-hydrogen) atoms. The van der Waals surface area contributed by atoms with Gasteiger partial charge in [0.05, 0.1) is 0 Å². The zero-order valence-corrected chi connectivity index (χ0v) is 6.30. The van der Waals surface area contributed by atoms with E-state index >= 15 is 0 Å². The Bertz CT molecular complexity index is 283. The molecule has 58 valence electrons. The molecule has 0 spiro atoms. The molecule has 0 bridgehead atoms. The van der Waals surface area contributed by atoms with Crippen LogP contribution in [0.3, 0.4) is 0 Å². The Hall–Kier alpha value is -1.05. The van der Waals surface area contributed by atoms with Crippen molar-refractivity contribution in [1.29, 1.82) is 0 Å². The van der Waals surface area contributed by atoms with E-state index in [0.717, 1.165) is 17.7 Å². The van der Waals surface area contributed by atoms with Gasteiger partial charge in [0, 0.05) is 12.0 Å². The molecule has 0 fully saturated rings. The molecule has 0 amide bonds. The molecule has 0 N–H and O–H groups in total. The minimum Gasteiger partial charge on any atom is -0.490 e. The Kier molecular flexibility index (Phi) is 1.34. The van der Waals surface area contributed by atoms with Gasteiger partial charge in [-0.05, 0) is 25.1 Å². The summed E-state index contributed by atoms with van der Waals surface area (Å²) in [4.78, 5) is 0. The van der Waals surface area contributed by atoms with Crippen LogP contribution in [0.25, 0.3) is 0 Å². The fourth-order valence-corrected chi connectivity index (χ4v) is 1.39. The third-order valence-corrected chi connectivity index (χ3v) is 1.86. The van der Waals surface area contributed by atoms with Crippen LogP contribution in [0.4, 0.5) is 4.39 Å². The average Bonchev–Trinajstić information content (AvgIpc) is 2.27. The van der Waals surface area contributed by atoms with Crippen molar-refractivity contribution in [3.8, 4) is 5.75 Å². The summed E-state index contributed by atoms with van der Waals surface area (Å²) in [5, 5.41) is 0. The topological polar surface area (TPSA) is 9.23 Å². The largest absolute Gasteiger partial charge is 0.490 e. The molecule has 2 heteroatoms. The van der Waals surface area contributed by atoms with Gasteiger partial charge in [-0.3, -0.25) is 0 Å². The molecule has 0 aliphatic carbocycles. The first kappa shape index (κ1) is 6.65. The second-order valence-electron chi connectivity index (χ2n) is 2.88. The molecule has 0 saturated carbocycles. The van der Waals surface area contributed by atoms with Crippen molar-refractivity contribution in [3.63, 3.8) is 0 Å². The van der Waals surface area contributed by atoms with E-state index in [1.165, 1.54) is 6.07 Å². The SMILES string of the molecule is C[C@@H]1Cc2cc(F)ccc2O1. The summed E-state index contributed by atoms with van der Waals surface area (Å²) in [6.45, 7) is 1.98. The molecule has 0 radical (unpaired) electrons. The number of halogens is 1. The third kappa shape index (κ3) is 1.09. The highest BCUT2D eigenvalue weighted by molar-refractivity contribution is 5.37. The summed E-state index contributed by atoms with van der Waals surface area (Å²) in [7, 11) is 0. The minimum absolute atomic E-state index is 0.179. The number of hydrogen-bond acceptors (Lipinski definition) is 1. The number of ether oxygens (including phenoxy) is 1. The van der Waals surface area contributed by atoms with E-state index in [0.29, 0.717) is 0 Å². The van der Waals surface area contributed by atoms with Crippen LogP contribution in [0, 0.1) is 5.82 Å². The normalized spacial score (nSPS) is 21.1. The molecule has 0 saturated heterocycles. The molecular weight excluding hydrogens is 143 g/mol. The smallest absolute Gasteiger partial charge is 0.123 e. The molecule has 0 aromatic heterocycles. The average molecular weight is 152 g/mol. The van der Waals surface area contributed by atoms with Gasteiger partial charge in [-0.15, -0.1) is 0 Å². The molecular formula is C9H9FO. The Balaban J connectivity index is 2.43. The summed E-state index contributed by atoms with van der Waals surface area (Å²) in [5.41, 5.74) is 0.984. The Morgan fingerprint density at radius 3 is 3.18 bits per heavy atom. The lowest BCUT2D eigenvalue weighted by Gasteiger charge is -2.00. The summed E-state index contributed by atoms with van der Waals surface area (Å²) < 4.78 is 18.0. The monoisotopic (exact) mass is 152 g/mol. The van der Waals surface area contributed by atoms with Crippen LogP contribution in [0.15, 0.2) is 18.2 Å². The standard InChI is InChI=1S/C9H9FO/c1-6-4-7-5-8(10)2-3-9(7)11-6/h2-3,5-6H,4H2,1H3/t6-/m1/s1. The van der Waals surface area contributed by atoms with Gasteiger partial charge in [-0.2, -0.15) is 0 Å². The van der Waals surface area contributed by atoms with E-state index < -0.39 is 0 Å². The molecule has 0 unspecified atom stereocenters. The van der Waals surface area contributed by atoms with E-state index in [2.05, 4.69) is 0 Å². The molecule has 1 heterocycles. The van der Waals surface area contributed by atoms with Gasteiger partial charge in [-0.25, -0.2) is 4.39 Å². The van der Waals surface area contributed by atoms with Crippen molar-refractivity contribution in [2.75, 3.05) is 0 Å². The van der Waals surface area contributed by atoms with Crippen molar-refractivity contribution in [3.05, 3.63) is 29.6 Å². The first-order chi connectivity index (χ1) is 5.25. The van der Waals surface area contributed by atoms with Gasteiger partial charge < -0.3 is 4.74 Å². The lowest BCUT2D eigenvalue weighted by molar-refractivity contribution is 0.254. The van der Waals surface area contributed by atoms with Crippen LogP contribution in [0.2, 0.25) is 0 Å². The van der Waals surface area contributed by atoms with Crippen LogP contribution in [-0.2, 0) is 6.42 Å². The van der Waals surface area contributed by atoms with Crippen molar-refractivity contribution in [2.24, 2.45) is 0 Å². The predicted molar refractivity (Wildman–Crippen MR) is 40.2 cm³/mol. The van der Waals surface area contributed by atoms with Gasteiger partial charge >= 0.3 is 0 Å². The Morgan fingerprint density at radius 1 is 1.55 bits per heavy atom. The first-order valence-corrected chi connectivity index (χ1v) is 3.71. The number of fused-ring (bicyclic) bond motifs is 1. The number of rotatable bonds is 0. The van der Waals surface area contributed by atoms with Gasteiger partial charge in [0.1, 0.15) is 17.7 Å². The van der Waals surface area contributed by atoms with E-state index in [1.54, 1.807) is 12.1 Å². The summed E-state index contributed by atoms with van der Waals surface area (Å²) in [5.74, 6) is 0.653. The Morgan fingerprint density at radius 2 is 2.36 bits per heavy atom. The molecule has 2 rings (SSSR count). The van der Waals surface area contributed by atoms with E-state index in [4.69, 9.17) is 4.74 Å². The number of hydrogen-bond donors (Lipinski definition) is 0. The van der Waals surface area contributed by atoms with Gasteiger partial charge in [-0.1, -0.05) is 0 Å². The summed E-state index contributed by atoms with van der Waals surface area (Å²) in [6.07, 6.45) is 1.03. The van der Waals surface area contributed by atoms with Crippen molar-refractivity contribution in [1.82, 2.24) is 0 Å². The van der Waals surface area contributed by atoms with Crippen molar-refractivity contribution < 1.29 is 9.13 Å².